The van der Waals surface area contributed by atoms with Gasteiger partial charge >= 0.3 is 12.0 Å². The number of nitrogens with zero attached hydrogens (tertiary/aromatic N) is 1. The topological polar surface area (TPSA) is 69.6 Å². The molecular weight excluding hydrogens is 256 g/mol. The van der Waals surface area contributed by atoms with Crippen LogP contribution < -0.4 is 5.32 Å². The first-order valence-corrected chi connectivity index (χ1v) is 6.51. The van der Waals surface area contributed by atoms with E-state index < -0.39 is 18.0 Å². The van der Waals surface area contributed by atoms with Crippen molar-refractivity contribution >= 4 is 12.0 Å². The predicted molar refractivity (Wildman–Crippen MR) is 77.5 cm³/mol. The van der Waals surface area contributed by atoms with Crippen molar-refractivity contribution in [2.75, 3.05) is 13.1 Å². The van der Waals surface area contributed by atoms with Crippen molar-refractivity contribution in [3.8, 4) is 0 Å². The molecule has 0 spiro atoms. The first kappa shape index (κ1) is 15.8. The number of rotatable bonds is 7. The number of carboxylic acids is 1. The summed E-state index contributed by atoms with van der Waals surface area (Å²) >= 11 is 0. The molecule has 2 amide bonds. The van der Waals surface area contributed by atoms with Crippen LogP contribution in [-0.2, 0) is 11.2 Å². The fourth-order valence-electron chi connectivity index (χ4n) is 1.80. The number of aliphatic carboxylic acids is 1. The van der Waals surface area contributed by atoms with Gasteiger partial charge in [-0.3, -0.25) is 0 Å². The minimum atomic E-state index is -1.04. The largest absolute Gasteiger partial charge is 0.480 e. The summed E-state index contributed by atoms with van der Waals surface area (Å²) in [6.45, 7) is 6.29. The molecule has 108 valence electrons. The summed E-state index contributed by atoms with van der Waals surface area (Å²) in [5.41, 5.74) is 0.868. The van der Waals surface area contributed by atoms with Gasteiger partial charge in [-0.2, -0.15) is 0 Å². The van der Waals surface area contributed by atoms with E-state index in [-0.39, 0.29) is 6.42 Å². The lowest BCUT2D eigenvalue weighted by molar-refractivity contribution is -0.139. The molecule has 1 aromatic carbocycles. The zero-order valence-corrected chi connectivity index (χ0v) is 11.6. The van der Waals surface area contributed by atoms with Gasteiger partial charge in [0.1, 0.15) is 6.04 Å². The highest BCUT2D eigenvalue weighted by Gasteiger charge is 2.22. The molecule has 0 aliphatic heterocycles. The molecule has 0 aliphatic carbocycles. The van der Waals surface area contributed by atoms with Crippen LogP contribution in [0.15, 0.2) is 43.0 Å². The quantitative estimate of drug-likeness (QED) is 0.747. The summed E-state index contributed by atoms with van der Waals surface area (Å²) in [5.74, 6) is -1.04. The highest BCUT2D eigenvalue weighted by molar-refractivity contribution is 5.82. The minimum absolute atomic E-state index is 0.257. The van der Waals surface area contributed by atoms with Crippen molar-refractivity contribution in [1.82, 2.24) is 10.2 Å². The number of carboxylic acid groups (broad SMARTS) is 1. The molecule has 0 heterocycles. The molecule has 0 saturated heterocycles. The molecule has 0 radical (unpaired) electrons. The summed E-state index contributed by atoms with van der Waals surface area (Å²) in [4.78, 5) is 24.7. The lowest BCUT2D eigenvalue weighted by atomic mass is 10.1. The average Bonchev–Trinajstić information content (AvgIpc) is 2.44. The molecule has 0 bridgehead atoms. The molecule has 1 unspecified atom stereocenters. The number of urea groups is 1. The third-order valence-electron chi connectivity index (χ3n) is 2.90. The van der Waals surface area contributed by atoms with Crippen LogP contribution in [-0.4, -0.2) is 41.1 Å². The molecule has 1 rings (SSSR count). The highest BCUT2D eigenvalue weighted by Crippen LogP contribution is 2.04. The second-order valence-corrected chi connectivity index (χ2v) is 4.36. The maximum absolute atomic E-state index is 12.0. The molecule has 0 saturated carbocycles. The van der Waals surface area contributed by atoms with Crippen molar-refractivity contribution in [1.29, 1.82) is 0 Å². The van der Waals surface area contributed by atoms with Crippen LogP contribution in [0.2, 0.25) is 0 Å². The monoisotopic (exact) mass is 276 g/mol. The van der Waals surface area contributed by atoms with E-state index in [1.165, 1.54) is 4.90 Å². The Kier molecular flexibility index (Phi) is 6.29. The van der Waals surface area contributed by atoms with Crippen molar-refractivity contribution < 1.29 is 14.7 Å². The standard InChI is InChI=1S/C15H20N2O3/c1-3-10-17(4-2)15(20)16-13(14(18)19)11-12-8-6-5-7-9-12/h3,5-9,13H,1,4,10-11H2,2H3,(H,16,20)(H,18,19). The normalized spacial score (nSPS) is 11.4. The molecule has 20 heavy (non-hydrogen) atoms. The summed E-state index contributed by atoms with van der Waals surface area (Å²) in [5, 5.41) is 11.8. The summed E-state index contributed by atoms with van der Waals surface area (Å²) in [6, 6.07) is 7.88. The van der Waals surface area contributed by atoms with Crippen LogP contribution >= 0.6 is 0 Å². The van der Waals surface area contributed by atoms with Crippen LogP contribution in [0.1, 0.15) is 12.5 Å². The van der Waals surface area contributed by atoms with E-state index in [0.29, 0.717) is 13.1 Å². The number of nitrogens with one attached hydrogen (secondary N) is 1. The van der Waals surface area contributed by atoms with Crippen molar-refractivity contribution in [3.63, 3.8) is 0 Å². The van der Waals surface area contributed by atoms with E-state index in [4.69, 9.17) is 0 Å². The van der Waals surface area contributed by atoms with Crippen LogP contribution in [0, 0.1) is 0 Å². The maximum Gasteiger partial charge on any atom is 0.326 e. The predicted octanol–water partition coefficient (Wildman–Crippen LogP) is 1.90. The Morgan fingerprint density at radius 1 is 1.40 bits per heavy atom. The molecular formula is C15H20N2O3. The average molecular weight is 276 g/mol. The number of carbonyl (C=O) groups excluding carboxylic acids is 1. The number of hydrogen-bond donors (Lipinski definition) is 2. The smallest absolute Gasteiger partial charge is 0.326 e. The molecule has 2 N–H and O–H groups in total. The van der Waals surface area contributed by atoms with Gasteiger partial charge in [-0.15, -0.1) is 6.58 Å². The van der Waals surface area contributed by atoms with Gasteiger partial charge in [0.25, 0.3) is 0 Å². The Labute approximate surface area is 118 Å². The molecule has 1 atom stereocenters. The lowest BCUT2D eigenvalue weighted by Gasteiger charge is -2.22. The maximum atomic E-state index is 12.0. The number of hydrogen-bond acceptors (Lipinski definition) is 2. The minimum Gasteiger partial charge on any atom is -0.480 e. The third-order valence-corrected chi connectivity index (χ3v) is 2.90. The van der Waals surface area contributed by atoms with E-state index in [9.17, 15) is 14.7 Å². The van der Waals surface area contributed by atoms with Gasteiger partial charge in [0.2, 0.25) is 0 Å². The second-order valence-electron chi connectivity index (χ2n) is 4.36. The molecule has 0 aliphatic rings. The zero-order chi connectivity index (χ0) is 15.0. The lowest BCUT2D eigenvalue weighted by Crippen LogP contribution is -2.48. The third kappa shape index (κ3) is 4.76. The van der Waals surface area contributed by atoms with Crippen LogP contribution in [0.3, 0.4) is 0 Å². The molecule has 1 aromatic rings. The van der Waals surface area contributed by atoms with Crippen LogP contribution in [0.4, 0.5) is 4.79 Å². The van der Waals surface area contributed by atoms with Crippen molar-refractivity contribution in [2.24, 2.45) is 0 Å². The summed E-state index contributed by atoms with van der Waals surface area (Å²) in [7, 11) is 0. The van der Waals surface area contributed by atoms with Gasteiger partial charge in [-0.1, -0.05) is 36.4 Å². The Balaban J connectivity index is 2.70. The number of carbonyl (C=O) groups is 2. The molecule has 0 fully saturated rings. The number of likely N-dealkylation sites (N-methyl/N-ethyl adjacent to an activating group) is 1. The van der Waals surface area contributed by atoms with E-state index in [0.717, 1.165) is 5.56 Å². The SMILES string of the molecule is C=CCN(CC)C(=O)NC(Cc1ccccc1)C(=O)O. The number of amides is 2. The van der Waals surface area contributed by atoms with E-state index in [1.807, 2.05) is 37.3 Å². The molecule has 5 heteroatoms. The Morgan fingerprint density at radius 3 is 2.55 bits per heavy atom. The first-order chi connectivity index (χ1) is 9.58. The van der Waals surface area contributed by atoms with Crippen molar-refractivity contribution in [2.45, 2.75) is 19.4 Å². The highest BCUT2D eigenvalue weighted by atomic mass is 16.4. The van der Waals surface area contributed by atoms with Gasteiger partial charge in [0.15, 0.2) is 0 Å². The zero-order valence-electron chi connectivity index (χ0n) is 11.6. The fourth-order valence-corrected chi connectivity index (χ4v) is 1.80. The van der Waals surface area contributed by atoms with Gasteiger partial charge in [0, 0.05) is 19.5 Å². The Bertz CT molecular complexity index is 459. The van der Waals surface area contributed by atoms with Crippen molar-refractivity contribution in [3.05, 3.63) is 48.6 Å². The molecule has 0 aromatic heterocycles. The fraction of sp³-hybridized carbons (Fsp3) is 0.333. The van der Waals surface area contributed by atoms with Gasteiger partial charge in [0.05, 0.1) is 0 Å². The molecule has 5 nitrogen and oxygen atoms in total. The van der Waals surface area contributed by atoms with E-state index in [2.05, 4.69) is 11.9 Å². The van der Waals surface area contributed by atoms with Gasteiger partial charge in [-0.25, -0.2) is 9.59 Å². The van der Waals surface area contributed by atoms with E-state index >= 15 is 0 Å². The van der Waals surface area contributed by atoms with Gasteiger partial charge < -0.3 is 15.3 Å². The van der Waals surface area contributed by atoms with Crippen LogP contribution in [0.5, 0.6) is 0 Å². The number of benzene rings is 1. The van der Waals surface area contributed by atoms with E-state index in [1.54, 1.807) is 6.08 Å². The van der Waals surface area contributed by atoms with Crippen LogP contribution in [0.25, 0.3) is 0 Å². The Morgan fingerprint density at radius 2 is 2.05 bits per heavy atom. The second kappa shape index (κ2) is 7.99. The van der Waals surface area contributed by atoms with Gasteiger partial charge in [-0.05, 0) is 12.5 Å². The summed E-state index contributed by atoms with van der Waals surface area (Å²) < 4.78 is 0. The summed E-state index contributed by atoms with van der Waals surface area (Å²) in [6.07, 6.45) is 1.86. The Hall–Kier alpha value is -2.30. The first-order valence-electron chi connectivity index (χ1n) is 6.51.